The first-order chi connectivity index (χ1) is 13.5. The van der Waals surface area contributed by atoms with E-state index in [2.05, 4.69) is 25.0 Å². The van der Waals surface area contributed by atoms with Crippen LogP contribution in [0.1, 0.15) is 60.1 Å². The second-order valence-corrected chi connectivity index (χ2v) is 7.07. The highest BCUT2D eigenvalue weighted by molar-refractivity contribution is 5.94. The Morgan fingerprint density at radius 3 is 2.71 bits per heavy atom. The van der Waals surface area contributed by atoms with Crippen molar-refractivity contribution in [2.24, 2.45) is 0 Å². The Bertz CT molecular complexity index is 993. The van der Waals surface area contributed by atoms with E-state index < -0.39 is 6.04 Å². The van der Waals surface area contributed by atoms with E-state index in [1.54, 1.807) is 26.0 Å². The third-order valence-electron chi connectivity index (χ3n) is 4.95. The van der Waals surface area contributed by atoms with Crippen LogP contribution >= 0.6 is 0 Å². The molecule has 1 amide bonds. The number of rotatable bonds is 4. The number of amides is 1. The second kappa shape index (κ2) is 7.53. The summed E-state index contributed by atoms with van der Waals surface area (Å²) in [7, 11) is 0. The molecule has 0 unspecified atom stereocenters. The number of carbonyl (C=O) groups is 1. The van der Waals surface area contributed by atoms with Crippen molar-refractivity contribution in [3.63, 3.8) is 0 Å². The summed E-state index contributed by atoms with van der Waals surface area (Å²) in [5.74, 6) is 0.999. The van der Waals surface area contributed by atoms with E-state index in [4.69, 9.17) is 4.52 Å². The molecule has 28 heavy (non-hydrogen) atoms. The van der Waals surface area contributed by atoms with Crippen molar-refractivity contribution in [2.45, 2.75) is 52.1 Å². The number of imidazole rings is 1. The molecule has 1 aliphatic heterocycles. The molecule has 1 N–H and O–H groups in total. The van der Waals surface area contributed by atoms with Crippen LogP contribution in [0.25, 0.3) is 11.4 Å². The fraction of sp³-hybridized carbons (Fsp3) is 0.400. The van der Waals surface area contributed by atoms with Gasteiger partial charge in [0.2, 0.25) is 5.89 Å². The molecule has 7 nitrogen and oxygen atoms in total. The zero-order chi connectivity index (χ0) is 19.7. The Morgan fingerprint density at radius 1 is 1.21 bits per heavy atom. The van der Waals surface area contributed by atoms with Crippen molar-refractivity contribution < 1.29 is 13.7 Å². The zero-order valence-electron chi connectivity index (χ0n) is 15.9. The molecule has 4 rings (SSSR count). The normalized spacial score (nSPS) is 15.0. The van der Waals surface area contributed by atoms with Crippen LogP contribution in [0.3, 0.4) is 0 Å². The monoisotopic (exact) mass is 383 g/mol. The van der Waals surface area contributed by atoms with Crippen molar-refractivity contribution in [3.05, 3.63) is 53.2 Å². The average molecular weight is 383 g/mol. The van der Waals surface area contributed by atoms with Crippen LogP contribution in [0.2, 0.25) is 0 Å². The number of carbonyl (C=O) groups excluding carboxylic acids is 1. The van der Waals surface area contributed by atoms with Gasteiger partial charge in [0.15, 0.2) is 5.82 Å². The van der Waals surface area contributed by atoms with Crippen molar-refractivity contribution in [3.8, 4) is 11.4 Å². The number of benzene rings is 1. The molecule has 0 bridgehead atoms. The predicted molar refractivity (Wildman–Crippen MR) is 100 cm³/mol. The molecule has 0 spiro atoms. The number of halogens is 1. The maximum atomic E-state index is 13.3. The summed E-state index contributed by atoms with van der Waals surface area (Å²) in [5.41, 5.74) is 2.12. The molecule has 3 aromatic rings. The van der Waals surface area contributed by atoms with Gasteiger partial charge >= 0.3 is 0 Å². The van der Waals surface area contributed by atoms with Crippen molar-refractivity contribution >= 4 is 5.91 Å². The zero-order valence-corrected chi connectivity index (χ0v) is 15.9. The smallest absolute Gasteiger partial charge is 0.272 e. The number of fused-ring (bicyclic) bond motifs is 1. The minimum atomic E-state index is -0.425. The van der Waals surface area contributed by atoms with E-state index in [9.17, 15) is 9.18 Å². The summed E-state index contributed by atoms with van der Waals surface area (Å²) in [6.07, 6.45) is 3.91. The van der Waals surface area contributed by atoms with Crippen LogP contribution in [0.5, 0.6) is 0 Å². The molecule has 0 fully saturated rings. The van der Waals surface area contributed by atoms with Crippen LogP contribution < -0.4 is 5.32 Å². The third kappa shape index (κ3) is 3.54. The Hall–Kier alpha value is -3.03. The fourth-order valence-electron chi connectivity index (χ4n) is 3.54. The number of hydrogen-bond acceptors (Lipinski definition) is 5. The first-order valence-corrected chi connectivity index (χ1v) is 9.49. The van der Waals surface area contributed by atoms with Gasteiger partial charge in [-0.1, -0.05) is 11.6 Å². The van der Waals surface area contributed by atoms with Crippen LogP contribution in [0, 0.1) is 12.7 Å². The van der Waals surface area contributed by atoms with Crippen LogP contribution in [-0.2, 0) is 13.0 Å². The molecule has 0 saturated carbocycles. The molecular formula is C20H22FN5O2. The predicted octanol–water partition coefficient (Wildman–Crippen LogP) is 3.60. The summed E-state index contributed by atoms with van der Waals surface area (Å²) < 4.78 is 20.6. The van der Waals surface area contributed by atoms with Crippen molar-refractivity contribution in [1.29, 1.82) is 0 Å². The van der Waals surface area contributed by atoms with Gasteiger partial charge in [0.25, 0.3) is 5.91 Å². The second-order valence-electron chi connectivity index (χ2n) is 7.07. The quantitative estimate of drug-likeness (QED) is 0.744. The summed E-state index contributed by atoms with van der Waals surface area (Å²) >= 11 is 0. The molecule has 0 saturated heterocycles. The molecule has 2 aromatic heterocycles. The van der Waals surface area contributed by atoms with Gasteiger partial charge < -0.3 is 14.4 Å². The van der Waals surface area contributed by atoms with Crippen molar-refractivity contribution in [1.82, 2.24) is 25.0 Å². The third-order valence-corrected chi connectivity index (χ3v) is 4.95. The van der Waals surface area contributed by atoms with E-state index in [0.29, 0.717) is 23.2 Å². The first-order valence-electron chi connectivity index (χ1n) is 9.49. The highest BCUT2D eigenvalue weighted by Crippen LogP contribution is 2.27. The molecule has 1 aromatic carbocycles. The lowest BCUT2D eigenvalue weighted by molar-refractivity contribution is 0.0926. The first kappa shape index (κ1) is 18.3. The standard InChI is InChI=1S/C20H22FN5O2/c1-12(20-23-13(2)25-28-20)22-19(27)17-16-6-4-3-5-11-26(16)18(24-17)14-7-9-15(21)10-8-14/h7-10,12H,3-6,11H2,1-2H3,(H,22,27)/t12-/m0/s1. The molecule has 0 radical (unpaired) electrons. The highest BCUT2D eigenvalue weighted by Gasteiger charge is 2.26. The minimum Gasteiger partial charge on any atom is -0.339 e. The topological polar surface area (TPSA) is 85.8 Å². The van der Waals surface area contributed by atoms with Gasteiger partial charge in [0.05, 0.1) is 5.69 Å². The summed E-state index contributed by atoms with van der Waals surface area (Å²) in [4.78, 5) is 21.8. The van der Waals surface area contributed by atoms with Crippen LogP contribution in [0.15, 0.2) is 28.8 Å². The molecule has 8 heteroatoms. The number of nitrogens with zero attached hydrogens (tertiary/aromatic N) is 4. The SMILES string of the molecule is Cc1noc([C@H](C)NC(=O)c2nc(-c3ccc(F)cc3)n3c2CCCCC3)n1. The van der Waals surface area contributed by atoms with Crippen LogP contribution in [0.4, 0.5) is 4.39 Å². The largest absolute Gasteiger partial charge is 0.339 e. The highest BCUT2D eigenvalue weighted by atomic mass is 19.1. The van der Waals surface area contributed by atoms with Gasteiger partial charge in [-0.05, 0) is 57.4 Å². The van der Waals surface area contributed by atoms with Gasteiger partial charge in [0, 0.05) is 12.1 Å². The molecule has 0 aliphatic carbocycles. The number of aromatic nitrogens is 4. The summed E-state index contributed by atoms with van der Waals surface area (Å²) in [5, 5.41) is 6.66. The number of nitrogens with one attached hydrogen (secondary N) is 1. The lowest BCUT2D eigenvalue weighted by Crippen LogP contribution is -2.28. The van der Waals surface area contributed by atoms with Gasteiger partial charge in [-0.3, -0.25) is 4.79 Å². The lowest BCUT2D eigenvalue weighted by Gasteiger charge is -2.10. The maximum Gasteiger partial charge on any atom is 0.272 e. The Labute approximate surface area is 162 Å². The fourth-order valence-corrected chi connectivity index (χ4v) is 3.54. The van der Waals surface area contributed by atoms with Gasteiger partial charge in [0.1, 0.15) is 23.4 Å². The Balaban J connectivity index is 1.68. The van der Waals surface area contributed by atoms with E-state index in [0.717, 1.165) is 43.5 Å². The summed E-state index contributed by atoms with van der Waals surface area (Å²) in [6, 6.07) is 5.79. The van der Waals surface area contributed by atoms with E-state index in [1.165, 1.54) is 12.1 Å². The van der Waals surface area contributed by atoms with Crippen molar-refractivity contribution in [2.75, 3.05) is 0 Å². The average Bonchev–Trinajstić information content (AvgIpc) is 3.18. The molecule has 146 valence electrons. The number of aryl methyl sites for hydroxylation is 1. The Morgan fingerprint density at radius 2 is 2.00 bits per heavy atom. The van der Waals surface area contributed by atoms with E-state index in [1.807, 2.05) is 0 Å². The van der Waals surface area contributed by atoms with E-state index in [-0.39, 0.29) is 11.7 Å². The molecular weight excluding hydrogens is 361 g/mol. The number of hydrogen-bond donors (Lipinski definition) is 1. The molecule has 1 aliphatic rings. The molecule has 3 heterocycles. The van der Waals surface area contributed by atoms with Gasteiger partial charge in [-0.15, -0.1) is 0 Å². The maximum absolute atomic E-state index is 13.3. The minimum absolute atomic E-state index is 0.276. The summed E-state index contributed by atoms with van der Waals surface area (Å²) in [6.45, 7) is 4.31. The molecule has 1 atom stereocenters. The van der Waals surface area contributed by atoms with Gasteiger partial charge in [-0.25, -0.2) is 9.37 Å². The Kier molecular flexibility index (Phi) is 4.93. The van der Waals surface area contributed by atoms with E-state index >= 15 is 0 Å². The van der Waals surface area contributed by atoms with Crippen LogP contribution in [-0.4, -0.2) is 25.6 Å². The van der Waals surface area contributed by atoms with Gasteiger partial charge in [-0.2, -0.15) is 4.98 Å². The lowest BCUT2D eigenvalue weighted by atomic mass is 10.1.